The van der Waals surface area contributed by atoms with Gasteiger partial charge in [0.1, 0.15) is 5.82 Å². The third-order valence-electron chi connectivity index (χ3n) is 3.14. The molecule has 0 atom stereocenters. The Balaban J connectivity index is 1.85. The summed E-state index contributed by atoms with van der Waals surface area (Å²) in [6, 6.07) is 0.811. The second-order valence-electron chi connectivity index (χ2n) is 4.85. The maximum atomic E-state index is 4.44. The molecule has 17 heavy (non-hydrogen) atoms. The van der Waals surface area contributed by atoms with E-state index in [0.717, 1.165) is 37.8 Å². The first kappa shape index (κ1) is 12.4. The first-order valence-corrected chi connectivity index (χ1v) is 6.73. The molecule has 0 bridgehead atoms. The van der Waals surface area contributed by atoms with Gasteiger partial charge in [0.25, 0.3) is 0 Å². The number of imidazole rings is 1. The van der Waals surface area contributed by atoms with Crippen LogP contribution in [0.15, 0.2) is 18.5 Å². The van der Waals surface area contributed by atoms with Crippen molar-refractivity contribution >= 4 is 5.57 Å². The second-order valence-corrected chi connectivity index (χ2v) is 4.85. The van der Waals surface area contributed by atoms with Crippen LogP contribution in [0.4, 0.5) is 0 Å². The van der Waals surface area contributed by atoms with Crippen LogP contribution in [0, 0.1) is 0 Å². The third kappa shape index (κ3) is 3.70. The molecular formula is C14H23N3. The molecule has 1 fully saturated rings. The second kappa shape index (κ2) is 6.01. The molecule has 1 aliphatic rings. The zero-order valence-electron chi connectivity index (χ0n) is 10.9. The Morgan fingerprint density at radius 2 is 2.41 bits per heavy atom. The summed E-state index contributed by atoms with van der Waals surface area (Å²) < 4.78 is 2.24. The van der Waals surface area contributed by atoms with Crippen LogP contribution in [-0.2, 0) is 6.54 Å². The lowest BCUT2D eigenvalue weighted by molar-refractivity contribution is 0.668. The Morgan fingerprint density at radius 1 is 1.59 bits per heavy atom. The van der Waals surface area contributed by atoms with Crippen molar-refractivity contribution in [2.45, 2.75) is 52.1 Å². The maximum absolute atomic E-state index is 4.44. The standard InChI is InChI=1S/C14H23N3/c1-3-10-17-11-9-16-14(17)12(2)5-4-8-15-13-6-7-13/h5,9,11,13,15H,3-4,6-8,10H2,1-2H3. The van der Waals surface area contributed by atoms with E-state index >= 15 is 0 Å². The van der Waals surface area contributed by atoms with E-state index in [1.807, 2.05) is 6.20 Å². The fraction of sp³-hybridized carbons (Fsp3) is 0.643. The molecular weight excluding hydrogens is 210 g/mol. The molecule has 1 aliphatic carbocycles. The summed E-state index contributed by atoms with van der Waals surface area (Å²) in [7, 11) is 0. The molecule has 1 N–H and O–H groups in total. The van der Waals surface area contributed by atoms with E-state index in [1.54, 1.807) is 0 Å². The Hall–Kier alpha value is -1.09. The zero-order valence-corrected chi connectivity index (χ0v) is 10.9. The average Bonchev–Trinajstić information content (AvgIpc) is 3.03. The van der Waals surface area contributed by atoms with Crippen molar-refractivity contribution in [2.75, 3.05) is 6.54 Å². The van der Waals surface area contributed by atoms with Gasteiger partial charge in [-0.25, -0.2) is 4.98 Å². The van der Waals surface area contributed by atoms with Crippen molar-refractivity contribution in [3.63, 3.8) is 0 Å². The predicted molar refractivity (Wildman–Crippen MR) is 71.8 cm³/mol. The first-order chi connectivity index (χ1) is 8.31. The summed E-state index contributed by atoms with van der Waals surface area (Å²) in [5.74, 6) is 1.12. The summed E-state index contributed by atoms with van der Waals surface area (Å²) in [5, 5.41) is 3.53. The van der Waals surface area contributed by atoms with Crippen molar-refractivity contribution in [1.29, 1.82) is 0 Å². The lowest BCUT2D eigenvalue weighted by atomic mass is 10.2. The molecule has 1 aromatic heterocycles. The van der Waals surface area contributed by atoms with Crippen LogP contribution >= 0.6 is 0 Å². The Morgan fingerprint density at radius 3 is 3.12 bits per heavy atom. The van der Waals surface area contributed by atoms with Gasteiger partial charge < -0.3 is 9.88 Å². The Labute approximate surface area is 104 Å². The molecule has 2 rings (SSSR count). The van der Waals surface area contributed by atoms with Crippen molar-refractivity contribution in [3.05, 3.63) is 24.3 Å². The van der Waals surface area contributed by atoms with E-state index in [4.69, 9.17) is 0 Å². The summed E-state index contributed by atoms with van der Waals surface area (Å²) in [5.41, 5.74) is 1.29. The fourth-order valence-electron chi connectivity index (χ4n) is 2.03. The molecule has 3 heteroatoms. The average molecular weight is 233 g/mol. The van der Waals surface area contributed by atoms with Gasteiger partial charge in [-0.15, -0.1) is 0 Å². The molecule has 0 aliphatic heterocycles. The zero-order chi connectivity index (χ0) is 12.1. The van der Waals surface area contributed by atoms with Crippen molar-refractivity contribution < 1.29 is 0 Å². The van der Waals surface area contributed by atoms with E-state index in [1.165, 1.54) is 18.4 Å². The first-order valence-electron chi connectivity index (χ1n) is 6.73. The topological polar surface area (TPSA) is 29.9 Å². The van der Waals surface area contributed by atoms with Crippen LogP contribution in [0.5, 0.6) is 0 Å². The predicted octanol–water partition coefficient (Wildman–Crippen LogP) is 2.84. The quantitative estimate of drug-likeness (QED) is 0.734. The number of rotatable bonds is 7. The highest BCUT2D eigenvalue weighted by Gasteiger charge is 2.19. The van der Waals surface area contributed by atoms with Crippen LogP contribution in [0.25, 0.3) is 5.57 Å². The fourth-order valence-corrected chi connectivity index (χ4v) is 2.03. The number of aromatic nitrogens is 2. The van der Waals surface area contributed by atoms with Gasteiger partial charge in [0, 0.05) is 25.0 Å². The van der Waals surface area contributed by atoms with Crippen molar-refractivity contribution in [3.8, 4) is 0 Å². The van der Waals surface area contributed by atoms with Crippen LogP contribution in [-0.4, -0.2) is 22.1 Å². The number of aryl methyl sites for hydroxylation is 1. The van der Waals surface area contributed by atoms with Gasteiger partial charge in [-0.1, -0.05) is 13.0 Å². The molecule has 94 valence electrons. The number of nitrogens with zero attached hydrogens (tertiary/aromatic N) is 2. The molecule has 0 spiro atoms. The van der Waals surface area contributed by atoms with Gasteiger partial charge in [-0.3, -0.25) is 0 Å². The Kier molecular flexibility index (Phi) is 4.37. The van der Waals surface area contributed by atoms with Crippen LogP contribution in [0.3, 0.4) is 0 Å². The van der Waals surface area contributed by atoms with Gasteiger partial charge in [-0.2, -0.15) is 0 Å². The van der Waals surface area contributed by atoms with E-state index in [-0.39, 0.29) is 0 Å². The van der Waals surface area contributed by atoms with E-state index in [2.05, 4.69) is 41.0 Å². The molecule has 0 radical (unpaired) electrons. The molecule has 0 saturated heterocycles. The van der Waals surface area contributed by atoms with Crippen molar-refractivity contribution in [2.24, 2.45) is 0 Å². The van der Waals surface area contributed by atoms with Crippen molar-refractivity contribution in [1.82, 2.24) is 14.9 Å². The third-order valence-corrected chi connectivity index (χ3v) is 3.14. The smallest absolute Gasteiger partial charge is 0.135 e. The minimum Gasteiger partial charge on any atom is -0.331 e. The monoisotopic (exact) mass is 233 g/mol. The molecule has 0 amide bonds. The summed E-state index contributed by atoms with van der Waals surface area (Å²) >= 11 is 0. The van der Waals surface area contributed by atoms with Crippen LogP contribution in [0.2, 0.25) is 0 Å². The van der Waals surface area contributed by atoms with E-state index in [0.29, 0.717) is 0 Å². The minimum atomic E-state index is 0.811. The van der Waals surface area contributed by atoms with Crippen LogP contribution in [0.1, 0.15) is 45.4 Å². The number of nitrogens with one attached hydrogen (secondary N) is 1. The van der Waals surface area contributed by atoms with E-state index < -0.39 is 0 Å². The molecule has 3 nitrogen and oxygen atoms in total. The Bertz CT molecular complexity index is 375. The molecule has 1 heterocycles. The molecule has 0 aromatic carbocycles. The largest absolute Gasteiger partial charge is 0.331 e. The molecule has 1 saturated carbocycles. The molecule has 0 unspecified atom stereocenters. The van der Waals surface area contributed by atoms with Gasteiger partial charge in [0.2, 0.25) is 0 Å². The van der Waals surface area contributed by atoms with Crippen LogP contribution < -0.4 is 5.32 Å². The minimum absolute atomic E-state index is 0.811. The lowest BCUT2D eigenvalue weighted by Gasteiger charge is -2.06. The summed E-state index contributed by atoms with van der Waals surface area (Å²) in [6.07, 6.45) is 11.2. The molecule has 1 aromatic rings. The maximum Gasteiger partial charge on any atom is 0.135 e. The highest BCUT2D eigenvalue weighted by atomic mass is 15.1. The highest BCUT2D eigenvalue weighted by Crippen LogP contribution is 2.18. The number of hydrogen-bond acceptors (Lipinski definition) is 2. The highest BCUT2D eigenvalue weighted by molar-refractivity contribution is 5.57. The number of hydrogen-bond donors (Lipinski definition) is 1. The normalized spacial score (nSPS) is 16.5. The van der Waals surface area contributed by atoms with Gasteiger partial charge in [-0.05, 0) is 44.7 Å². The van der Waals surface area contributed by atoms with Gasteiger partial charge >= 0.3 is 0 Å². The lowest BCUT2D eigenvalue weighted by Crippen LogP contribution is -2.16. The summed E-state index contributed by atoms with van der Waals surface area (Å²) in [4.78, 5) is 4.44. The van der Waals surface area contributed by atoms with E-state index in [9.17, 15) is 0 Å². The van der Waals surface area contributed by atoms with Gasteiger partial charge in [0.05, 0.1) is 0 Å². The van der Waals surface area contributed by atoms with Gasteiger partial charge in [0.15, 0.2) is 0 Å². The SMILES string of the molecule is CCCn1ccnc1C(C)=CCCNC1CC1. The number of allylic oxidation sites excluding steroid dienone is 1. The summed E-state index contributed by atoms with van der Waals surface area (Å²) in [6.45, 7) is 6.51.